The van der Waals surface area contributed by atoms with Crippen molar-refractivity contribution >= 4 is 0 Å². The lowest BCUT2D eigenvalue weighted by molar-refractivity contribution is 0.507. The third-order valence-corrected chi connectivity index (χ3v) is 3.97. The minimum atomic E-state index is -0.00999. The number of hydrogen-bond acceptors (Lipinski definition) is 2. The zero-order valence-electron chi connectivity index (χ0n) is 13.0. The monoisotopic (exact) mass is 271 g/mol. The number of rotatable bonds is 5. The average molecular weight is 271 g/mol. The van der Waals surface area contributed by atoms with Gasteiger partial charge in [0.1, 0.15) is 0 Å². The maximum atomic E-state index is 6.36. The molecule has 2 N–H and O–H groups in total. The van der Waals surface area contributed by atoms with Gasteiger partial charge in [0.15, 0.2) is 0 Å². The fraction of sp³-hybridized carbons (Fsp3) is 0.471. The van der Waals surface area contributed by atoms with Crippen LogP contribution < -0.4 is 5.73 Å². The smallest absolute Gasteiger partial charge is 0.0624 e. The summed E-state index contributed by atoms with van der Waals surface area (Å²) in [5.41, 5.74) is 12.6. The molecule has 2 aromatic rings. The van der Waals surface area contributed by atoms with Crippen molar-refractivity contribution < 1.29 is 0 Å². The van der Waals surface area contributed by atoms with Gasteiger partial charge in [0, 0.05) is 11.7 Å². The molecule has 1 aromatic heterocycles. The van der Waals surface area contributed by atoms with Crippen molar-refractivity contribution in [2.75, 3.05) is 0 Å². The molecular weight excluding hydrogens is 246 g/mol. The molecule has 0 radical (unpaired) electrons. The van der Waals surface area contributed by atoms with Gasteiger partial charge in [-0.2, -0.15) is 5.10 Å². The Balaban J connectivity index is 2.20. The summed E-state index contributed by atoms with van der Waals surface area (Å²) in [7, 11) is 0. The lowest BCUT2D eigenvalue weighted by Gasteiger charge is -2.15. The molecular formula is C17H25N3. The molecule has 3 nitrogen and oxygen atoms in total. The van der Waals surface area contributed by atoms with Crippen molar-refractivity contribution in [1.29, 1.82) is 0 Å². The fourth-order valence-corrected chi connectivity index (χ4v) is 2.42. The molecule has 1 atom stereocenters. The summed E-state index contributed by atoms with van der Waals surface area (Å²) in [6, 6.07) is 8.64. The van der Waals surface area contributed by atoms with Crippen molar-refractivity contribution in [2.24, 2.45) is 5.73 Å². The molecule has 0 aliphatic rings. The van der Waals surface area contributed by atoms with Gasteiger partial charge in [-0.25, -0.2) is 0 Å². The van der Waals surface area contributed by atoms with Crippen molar-refractivity contribution in [3.63, 3.8) is 0 Å². The summed E-state index contributed by atoms with van der Waals surface area (Å²) in [5.74, 6) is 0. The maximum absolute atomic E-state index is 6.36. The number of nitrogens with two attached hydrogens (primary N) is 1. The Labute approximate surface area is 121 Å². The first-order chi connectivity index (χ1) is 9.55. The lowest BCUT2D eigenvalue weighted by atomic mass is 10.0. The van der Waals surface area contributed by atoms with E-state index >= 15 is 0 Å². The highest BCUT2D eigenvalue weighted by molar-refractivity contribution is 5.31. The van der Waals surface area contributed by atoms with Crippen LogP contribution in [0.1, 0.15) is 48.0 Å². The van der Waals surface area contributed by atoms with E-state index in [-0.39, 0.29) is 6.04 Å². The molecule has 2 rings (SSSR count). The molecule has 0 saturated heterocycles. The molecule has 0 aliphatic carbocycles. The van der Waals surface area contributed by atoms with Gasteiger partial charge in [-0.15, -0.1) is 0 Å². The van der Waals surface area contributed by atoms with E-state index in [1.54, 1.807) is 0 Å². The van der Waals surface area contributed by atoms with Crippen LogP contribution in [0.5, 0.6) is 0 Å². The summed E-state index contributed by atoms with van der Waals surface area (Å²) < 4.78 is 2.07. The van der Waals surface area contributed by atoms with Crippen molar-refractivity contribution in [3.8, 4) is 0 Å². The van der Waals surface area contributed by atoms with Crippen LogP contribution in [-0.4, -0.2) is 9.78 Å². The molecule has 0 aliphatic heterocycles. The molecule has 0 amide bonds. The third kappa shape index (κ3) is 3.10. The average Bonchev–Trinajstić information content (AvgIpc) is 2.84. The van der Waals surface area contributed by atoms with Crippen molar-refractivity contribution in [2.45, 2.75) is 53.1 Å². The molecule has 1 unspecified atom stereocenters. The minimum Gasteiger partial charge on any atom is -0.322 e. The van der Waals surface area contributed by atoms with Crippen LogP contribution in [0.3, 0.4) is 0 Å². The van der Waals surface area contributed by atoms with Gasteiger partial charge in [0.2, 0.25) is 0 Å². The number of benzene rings is 1. The Morgan fingerprint density at radius 3 is 2.45 bits per heavy atom. The Morgan fingerprint density at radius 2 is 1.85 bits per heavy atom. The van der Waals surface area contributed by atoms with Crippen molar-refractivity contribution in [3.05, 3.63) is 52.3 Å². The molecule has 108 valence electrons. The van der Waals surface area contributed by atoms with Gasteiger partial charge in [0.05, 0.1) is 12.2 Å². The maximum Gasteiger partial charge on any atom is 0.0624 e. The highest BCUT2D eigenvalue weighted by Gasteiger charge is 2.12. The molecule has 3 heteroatoms. The standard InChI is InChI=1S/C17H25N3/c1-5-15-10-16(6-2)20(19-15)11-17(18)14-8-7-12(3)13(4)9-14/h7-10,17H,5-6,11,18H2,1-4H3. The van der Waals surface area contributed by atoms with Crippen molar-refractivity contribution in [1.82, 2.24) is 9.78 Å². The predicted molar refractivity (Wildman–Crippen MR) is 83.8 cm³/mol. The van der Waals surface area contributed by atoms with Crippen LogP contribution in [0.25, 0.3) is 0 Å². The summed E-state index contributed by atoms with van der Waals surface area (Å²) >= 11 is 0. The summed E-state index contributed by atoms with van der Waals surface area (Å²) in [6.07, 6.45) is 1.96. The Hall–Kier alpha value is -1.61. The molecule has 0 bridgehead atoms. The highest BCUT2D eigenvalue weighted by atomic mass is 15.3. The van der Waals surface area contributed by atoms with Crippen LogP contribution in [0, 0.1) is 13.8 Å². The molecule has 1 heterocycles. The lowest BCUT2D eigenvalue weighted by Crippen LogP contribution is -2.20. The van der Waals surface area contributed by atoms with E-state index in [0.717, 1.165) is 25.1 Å². The van der Waals surface area contributed by atoms with E-state index in [2.05, 4.69) is 61.7 Å². The van der Waals surface area contributed by atoms with Crippen LogP contribution in [0.4, 0.5) is 0 Å². The summed E-state index contributed by atoms with van der Waals surface area (Å²) in [4.78, 5) is 0. The van der Waals surface area contributed by atoms with E-state index < -0.39 is 0 Å². The molecule has 0 saturated carbocycles. The molecule has 1 aromatic carbocycles. The Morgan fingerprint density at radius 1 is 1.10 bits per heavy atom. The molecule has 0 spiro atoms. The third-order valence-electron chi connectivity index (χ3n) is 3.97. The normalized spacial score (nSPS) is 12.7. The first kappa shape index (κ1) is 14.8. The second kappa shape index (κ2) is 6.23. The van der Waals surface area contributed by atoms with E-state index in [1.165, 1.54) is 22.4 Å². The molecule has 20 heavy (non-hydrogen) atoms. The van der Waals surface area contributed by atoms with Gasteiger partial charge >= 0.3 is 0 Å². The number of aryl methyl sites for hydroxylation is 4. The minimum absolute atomic E-state index is 0.00999. The van der Waals surface area contributed by atoms with Gasteiger partial charge in [-0.3, -0.25) is 4.68 Å². The zero-order valence-corrected chi connectivity index (χ0v) is 13.0. The Bertz CT molecular complexity index is 584. The summed E-state index contributed by atoms with van der Waals surface area (Å²) in [6.45, 7) is 9.29. The van der Waals surface area contributed by atoms with Crippen LogP contribution in [0.15, 0.2) is 24.3 Å². The van der Waals surface area contributed by atoms with E-state index in [4.69, 9.17) is 5.73 Å². The topological polar surface area (TPSA) is 43.8 Å². The van der Waals surface area contributed by atoms with Gasteiger partial charge in [-0.05, 0) is 49.4 Å². The van der Waals surface area contributed by atoms with Gasteiger partial charge in [0.25, 0.3) is 0 Å². The van der Waals surface area contributed by atoms with Gasteiger partial charge < -0.3 is 5.73 Å². The zero-order chi connectivity index (χ0) is 14.7. The van der Waals surface area contributed by atoms with Crippen LogP contribution in [-0.2, 0) is 19.4 Å². The number of hydrogen-bond donors (Lipinski definition) is 1. The first-order valence-corrected chi connectivity index (χ1v) is 7.43. The quantitative estimate of drug-likeness (QED) is 0.906. The predicted octanol–water partition coefficient (Wildman–Crippen LogP) is 3.32. The second-order valence-corrected chi connectivity index (χ2v) is 5.47. The van der Waals surface area contributed by atoms with E-state index in [1.807, 2.05) is 0 Å². The SMILES string of the molecule is CCc1cc(CC)n(CC(N)c2ccc(C)c(C)c2)n1. The number of aromatic nitrogens is 2. The van der Waals surface area contributed by atoms with E-state index in [0.29, 0.717) is 0 Å². The van der Waals surface area contributed by atoms with E-state index in [9.17, 15) is 0 Å². The second-order valence-electron chi connectivity index (χ2n) is 5.47. The highest BCUT2D eigenvalue weighted by Crippen LogP contribution is 2.18. The summed E-state index contributed by atoms with van der Waals surface area (Å²) in [5, 5.41) is 4.64. The van der Waals surface area contributed by atoms with Crippen LogP contribution >= 0.6 is 0 Å². The molecule has 0 fully saturated rings. The first-order valence-electron chi connectivity index (χ1n) is 7.43. The van der Waals surface area contributed by atoms with Crippen LogP contribution in [0.2, 0.25) is 0 Å². The largest absolute Gasteiger partial charge is 0.322 e. The van der Waals surface area contributed by atoms with Gasteiger partial charge in [-0.1, -0.05) is 32.0 Å². The number of nitrogens with zero attached hydrogens (tertiary/aromatic N) is 2. The Kier molecular flexibility index (Phi) is 4.61. The fourth-order valence-electron chi connectivity index (χ4n) is 2.42.